The number of terminal acetylenes is 1. The number of aromatic nitrogens is 6. The molecule has 158 valence electrons. The molecule has 11 nitrogen and oxygen atoms in total. The molecular weight excluding hydrogens is 420 g/mol. The van der Waals surface area contributed by atoms with E-state index in [9.17, 15) is 5.26 Å². The van der Waals surface area contributed by atoms with Gasteiger partial charge < -0.3 is 19.5 Å². The van der Waals surface area contributed by atoms with Gasteiger partial charge in [-0.2, -0.15) is 5.26 Å². The zero-order valence-corrected chi connectivity index (χ0v) is 18.0. The smallest absolute Gasteiger partial charge is 0.248 e. The van der Waals surface area contributed by atoms with Crippen molar-refractivity contribution in [3.63, 3.8) is 0 Å². The Bertz CT molecular complexity index is 1160. The van der Waals surface area contributed by atoms with E-state index in [1.54, 1.807) is 19.2 Å². The van der Waals surface area contributed by atoms with Gasteiger partial charge in [0.2, 0.25) is 11.7 Å². The lowest BCUT2D eigenvalue weighted by Gasteiger charge is -2.16. The molecule has 1 aromatic carbocycles. The summed E-state index contributed by atoms with van der Waals surface area (Å²) in [6.07, 6.45) is 5.39. The number of ether oxygens (including phenoxy) is 3. The van der Waals surface area contributed by atoms with Crippen molar-refractivity contribution in [2.75, 3.05) is 32.4 Å². The van der Waals surface area contributed by atoms with Gasteiger partial charge in [-0.05, 0) is 22.6 Å². The first-order valence-electron chi connectivity index (χ1n) is 8.74. The van der Waals surface area contributed by atoms with Crippen LogP contribution in [-0.4, -0.2) is 57.3 Å². The zero-order valence-electron chi connectivity index (χ0n) is 17.2. The minimum Gasteiger partial charge on any atom is -0.493 e. The van der Waals surface area contributed by atoms with Gasteiger partial charge in [0.1, 0.15) is 11.6 Å². The minimum absolute atomic E-state index is 0.183. The van der Waals surface area contributed by atoms with E-state index in [4.69, 9.17) is 20.6 Å². The summed E-state index contributed by atoms with van der Waals surface area (Å²) < 4.78 is 17.7. The summed E-state index contributed by atoms with van der Waals surface area (Å²) in [5.74, 6) is 4.69. The number of rotatable bonds is 8. The molecule has 0 unspecified atom stereocenters. The Hall–Kier alpha value is -4.03. The monoisotopic (exact) mass is 438 g/mol. The molecule has 0 spiro atoms. The maximum Gasteiger partial charge on any atom is 0.248 e. The minimum atomic E-state index is 0.183. The fourth-order valence-electron chi connectivity index (χ4n) is 2.68. The summed E-state index contributed by atoms with van der Waals surface area (Å²) >= 11 is 1.25. The maximum absolute atomic E-state index is 9.92. The van der Waals surface area contributed by atoms with E-state index < -0.39 is 0 Å². The number of anilines is 2. The molecule has 0 aliphatic rings. The molecular formula is C19H18N8O3S. The first-order chi connectivity index (χ1) is 15.1. The Balaban J connectivity index is 2.23. The van der Waals surface area contributed by atoms with Crippen LogP contribution in [0.15, 0.2) is 17.3 Å². The van der Waals surface area contributed by atoms with Crippen molar-refractivity contribution in [2.45, 2.75) is 5.16 Å². The van der Waals surface area contributed by atoms with Gasteiger partial charge in [-0.25, -0.2) is 14.6 Å². The molecule has 31 heavy (non-hydrogen) atoms. The van der Waals surface area contributed by atoms with Crippen molar-refractivity contribution < 1.29 is 14.2 Å². The third kappa shape index (κ3) is 4.44. The summed E-state index contributed by atoms with van der Waals surface area (Å²) in [5, 5.41) is 24.5. The van der Waals surface area contributed by atoms with E-state index >= 15 is 0 Å². The van der Waals surface area contributed by atoms with Crippen LogP contribution in [0.2, 0.25) is 0 Å². The van der Waals surface area contributed by atoms with Gasteiger partial charge in [-0.3, -0.25) is 0 Å². The number of nitriles is 1. The number of hydrogen-bond donors (Lipinski definition) is 1. The molecule has 0 atom stereocenters. The van der Waals surface area contributed by atoms with Crippen molar-refractivity contribution >= 4 is 23.5 Å². The zero-order chi connectivity index (χ0) is 22.4. The number of aryl methyl sites for hydroxylation is 1. The van der Waals surface area contributed by atoms with Crippen LogP contribution in [0.25, 0.3) is 11.3 Å². The highest BCUT2D eigenvalue weighted by Gasteiger charge is 2.21. The summed E-state index contributed by atoms with van der Waals surface area (Å²) in [4.78, 5) is 8.98. The first kappa shape index (κ1) is 21.7. The molecule has 0 saturated carbocycles. The highest BCUT2D eigenvalue weighted by molar-refractivity contribution is 7.99. The van der Waals surface area contributed by atoms with Crippen molar-refractivity contribution in [1.29, 1.82) is 5.26 Å². The van der Waals surface area contributed by atoms with Crippen LogP contribution in [0.5, 0.6) is 17.2 Å². The Morgan fingerprint density at radius 3 is 2.39 bits per heavy atom. The molecule has 3 rings (SSSR count). The number of benzene rings is 1. The van der Waals surface area contributed by atoms with Crippen LogP contribution in [0.1, 0.15) is 5.56 Å². The van der Waals surface area contributed by atoms with E-state index in [1.165, 1.54) is 37.8 Å². The van der Waals surface area contributed by atoms with Gasteiger partial charge in [-0.15, -0.1) is 6.42 Å². The average molecular weight is 438 g/mol. The molecule has 2 aromatic heterocycles. The number of thioether (sulfide) groups is 1. The van der Waals surface area contributed by atoms with Gasteiger partial charge in [0.25, 0.3) is 0 Å². The number of tetrazole rings is 1. The Morgan fingerprint density at radius 1 is 1.16 bits per heavy atom. The molecule has 0 radical (unpaired) electrons. The summed E-state index contributed by atoms with van der Waals surface area (Å²) in [6, 6.07) is 5.56. The molecule has 12 heteroatoms. The van der Waals surface area contributed by atoms with Crippen LogP contribution in [0.4, 0.5) is 11.8 Å². The number of nitrogens with one attached hydrogen (secondary N) is 1. The van der Waals surface area contributed by atoms with E-state index in [1.807, 2.05) is 0 Å². The van der Waals surface area contributed by atoms with Crippen molar-refractivity contribution in [3.8, 4) is 46.9 Å². The molecule has 0 fully saturated rings. The quantitative estimate of drug-likeness (QED) is 0.314. The van der Waals surface area contributed by atoms with Gasteiger partial charge in [0.05, 0.1) is 32.8 Å². The van der Waals surface area contributed by atoms with Crippen LogP contribution >= 0.6 is 11.8 Å². The van der Waals surface area contributed by atoms with E-state index in [0.717, 1.165) is 0 Å². The molecule has 1 N–H and O–H groups in total. The molecule has 0 amide bonds. The van der Waals surface area contributed by atoms with Gasteiger partial charge in [-0.1, -0.05) is 22.8 Å². The summed E-state index contributed by atoms with van der Waals surface area (Å²) in [5.41, 5.74) is 1.10. The van der Waals surface area contributed by atoms with Gasteiger partial charge >= 0.3 is 0 Å². The molecule has 2 heterocycles. The van der Waals surface area contributed by atoms with Crippen molar-refractivity contribution in [1.82, 2.24) is 30.2 Å². The standard InChI is InChI=1S/C19H18N8O3S/c1-6-7-31-19-21-15(11-8-13(28-3)16(30-5)14(9-11)29-4)12(10-20)17(23-19)22-18-24-25-26-27(18)2/h1,8-9H,7H2,2-5H3,(H,21,22,23,24,26). The SMILES string of the molecule is C#CCSc1nc(Nc2nnnn2C)c(C#N)c(-c2cc(OC)c(OC)c(OC)c2)n1. The van der Waals surface area contributed by atoms with E-state index in [0.29, 0.717) is 45.4 Å². The summed E-state index contributed by atoms with van der Waals surface area (Å²) in [6.45, 7) is 0. The summed E-state index contributed by atoms with van der Waals surface area (Å²) in [7, 11) is 6.18. The predicted molar refractivity (Wildman–Crippen MR) is 113 cm³/mol. The lowest BCUT2D eigenvalue weighted by molar-refractivity contribution is 0.324. The second-order valence-electron chi connectivity index (χ2n) is 5.85. The molecule has 3 aromatic rings. The third-order valence-corrected chi connectivity index (χ3v) is 4.83. The van der Waals surface area contributed by atoms with Crippen LogP contribution in [0, 0.1) is 23.7 Å². The highest BCUT2D eigenvalue weighted by atomic mass is 32.2. The maximum atomic E-state index is 9.92. The van der Waals surface area contributed by atoms with Crippen LogP contribution < -0.4 is 19.5 Å². The molecule has 0 aliphatic heterocycles. The van der Waals surface area contributed by atoms with Crippen molar-refractivity contribution in [2.24, 2.45) is 7.05 Å². The second-order valence-corrected chi connectivity index (χ2v) is 6.79. The Kier molecular flexibility index (Phi) is 6.74. The Labute approximate surface area is 182 Å². The Morgan fingerprint density at radius 2 is 1.87 bits per heavy atom. The predicted octanol–water partition coefficient (Wildman–Crippen LogP) is 2.03. The first-order valence-corrected chi connectivity index (χ1v) is 9.72. The van der Waals surface area contributed by atoms with Crippen LogP contribution in [-0.2, 0) is 7.05 Å². The van der Waals surface area contributed by atoms with Crippen molar-refractivity contribution in [3.05, 3.63) is 17.7 Å². The molecule has 0 aliphatic carbocycles. The highest BCUT2D eigenvalue weighted by Crippen LogP contribution is 2.42. The fourth-order valence-corrected chi connectivity index (χ4v) is 3.20. The second kappa shape index (κ2) is 9.65. The largest absolute Gasteiger partial charge is 0.493 e. The number of nitrogens with zero attached hydrogens (tertiary/aromatic N) is 7. The van der Waals surface area contributed by atoms with Crippen LogP contribution in [0.3, 0.4) is 0 Å². The van der Waals surface area contributed by atoms with E-state index in [-0.39, 0.29) is 11.4 Å². The molecule has 0 bridgehead atoms. The molecule has 0 saturated heterocycles. The van der Waals surface area contributed by atoms with E-state index in [2.05, 4.69) is 42.8 Å². The van der Waals surface area contributed by atoms with Gasteiger partial charge in [0.15, 0.2) is 22.5 Å². The topological polar surface area (TPSA) is 133 Å². The fraction of sp³-hybridized carbons (Fsp3) is 0.263. The normalized spacial score (nSPS) is 10.1. The van der Waals surface area contributed by atoms with Gasteiger partial charge in [0, 0.05) is 12.6 Å². The number of hydrogen-bond acceptors (Lipinski definition) is 11. The third-order valence-electron chi connectivity index (χ3n) is 4.07. The lowest BCUT2D eigenvalue weighted by atomic mass is 10.1. The number of methoxy groups -OCH3 is 3. The lowest BCUT2D eigenvalue weighted by Crippen LogP contribution is -2.07. The average Bonchev–Trinajstić information content (AvgIpc) is 3.20.